The fourth-order valence-electron chi connectivity index (χ4n) is 2.61. The molecule has 0 amide bonds. The molecule has 5 nitrogen and oxygen atoms in total. The molecule has 0 saturated heterocycles. The van der Waals surface area contributed by atoms with Crippen molar-refractivity contribution in [1.82, 2.24) is 15.6 Å². The largest absolute Gasteiger partial charge is 0.378 e. The molecule has 1 aromatic carbocycles. The van der Waals surface area contributed by atoms with Crippen LogP contribution in [0, 0.1) is 6.92 Å². The zero-order valence-electron chi connectivity index (χ0n) is 16.8. The van der Waals surface area contributed by atoms with Crippen LogP contribution in [0.2, 0.25) is 0 Å². The first-order chi connectivity index (χ1) is 12.6. The Labute approximate surface area is 184 Å². The maximum Gasteiger partial charge on any atom is 0.191 e. The predicted octanol–water partition coefficient (Wildman–Crippen LogP) is 3.87. The Kier molecular flexibility index (Phi) is 11.3. The van der Waals surface area contributed by atoms with Crippen molar-refractivity contribution in [2.45, 2.75) is 33.1 Å². The fourth-order valence-corrected chi connectivity index (χ4v) is 3.26. The molecule has 2 rings (SSSR count). The molecule has 150 valence electrons. The zero-order valence-corrected chi connectivity index (χ0v) is 19.9. The van der Waals surface area contributed by atoms with Crippen molar-refractivity contribution in [3.8, 4) is 0 Å². The van der Waals surface area contributed by atoms with Gasteiger partial charge in [0.2, 0.25) is 0 Å². The van der Waals surface area contributed by atoms with Gasteiger partial charge in [-0.25, -0.2) is 4.98 Å². The molecule has 0 fully saturated rings. The Balaban J connectivity index is 0.00000364. The second-order valence-electron chi connectivity index (χ2n) is 6.46. The van der Waals surface area contributed by atoms with Gasteiger partial charge in [0.1, 0.15) is 0 Å². The van der Waals surface area contributed by atoms with Crippen molar-refractivity contribution in [3.05, 3.63) is 45.9 Å². The molecule has 27 heavy (non-hydrogen) atoms. The van der Waals surface area contributed by atoms with Crippen molar-refractivity contribution in [3.63, 3.8) is 0 Å². The molecule has 0 saturated carbocycles. The van der Waals surface area contributed by atoms with Gasteiger partial charge in [0.05, 0.1) is 10.7 Å². The van der Waals surface area contributed by atoms with Crippen LogP contribution in [-0.2, 0) is 12.8 Å². The zero-order chi connectivity index (χ0) is 18.8. The van der Waals surface area contributed by atoms with Crippen molar-refractivity contribution < 1.29 is 0 Å². The first-order valence-corrected chi connectivity index (χ1v) is 10.2. The molecule has 0 aliphatic heterocycles. The van der Waals surface area contributed by atoms with Crippen LogP contribution < -0.4 is 15.5 Å². The highest BCUT2D eigenvalue weighted by Crippen LogP contribution is 2.13. The quantitative estimate of drug-likeness (QED) is 0.237. The average Bonchev–Trinajstić information content (AvgIpc) is 3.04. The maximum atomic E-state index is 4.68. The first kappa shape index (κ1) is 23.7. The summed E-state index contributed by atoms with van der Waals surface area (Å²) in [5, 5.41) is 9.96. The molecule has 7 heteroatoms. The molecule has 0 aliphatic rings. The second kappa shape index (κ2) is 12.9. The standard InChI is InChI=1S/C20H31N5S.HI/c1-5-21-20(23-14-12-18-15-26-16(2)24-18)22-13-6-7-17-8-10-19(11-9-17)25(3)4;/h8-11,15H,5-7,12-14H2,1-4H3,(H2,21,22,23);1H. The summed E-state index contributed by atoms with van der Waals surface area (Å²) < 4.78 is 0. The van der Waals surface area contributed by atoms with Crippen LogP contribution in [0.3, 0.4) is 0 Å². The summed E-state index contributed by atoms with van der Waals surface area (Å²) in [6, 6.07) is 8.76. The lowest BCUT2D eigenvalue weighted by Crippen LogP contribution is -2.38. The minimum atomic E-state index is 0. The van der Waals surface area contributed by atoms with Gasteiger partial charge in [-0.15, -0.1) is 35.3 Å². The monoisotopic (exact) mass is 501 g/mol. The van der Waals surface area contributed by atoms with Gasteiger partial charge in [-0.1, -0.05) is 12.1 Å². The van der Waals surface area contributed by atoms with Gasteiger partial charge in [-0.2, -0.15) is 0 Å². The number of hydrogen-bond acceptors (Lipinski definition) is 4. The van der Waals surface area contributed by atoms with Crippen LogP contribution in [0.5, 0.6) is 0 Å². The summed E-state index contributed by atoms with van der Waals surface area (Å²) in [6.45, 7) is 6.67. The minimum Gasteiger partial charge on any atom is -0.378 e. The molecule has 0 aliphatic carbocycles. The summed E-state index contributed by atoms with van der Waals surface area (Å²) in [5.74, 6) is 0.891. The molecule has 2 N–H and O–H groups in total. The van der Waals surface area contributed by atoms with Gasteiger partial charge < -0.3 is 15.5 Å². The van der Waals surface area contributed by atoms with Crippen molar-refractivity contribution >= 4 is 47.0 Å². The molecule has 0 radical (unpaired) electrons. The Bertz CT molecular complexity index is 682. The summed E-state index contributed by atoms with van der Waals surface area (Å²) in [5.41, 5.74) is 3.75. The van der Waals surface area contributed by atoms with Crippen LogP contribution in [0.1, 0.15) is 29.6 Å². The number of aliphatic imine (C=N–C) groups is 1. The van der Waals surface area contributed by atoms with Gasteiger partial charge >= 0.3 is 0 Å². The van der Waals surface area contributed by atoms with Crippen LogP contribution in [0.15, 0.2) is 34.6 Å². The van der Waals surface area contributed by atoms with Crippen LogP contribution >= 0.6 is 35.3 Å². The molecule has 0 unspecified atom stereocenters. The maximum absolute atomic E-state index is 4.68. The van der Waals surface area contributed by atoms with Crippen LogP contribution in [0.25, 0.3) is 0 Å². The molecular formula is C20H32IN5S. The number of halogens is 1. The lowest BCUT2D eigenvalue weighted by molar-refractivity contribution is 0.771. The summed E-state index contributed by atoms with van der Waals surface area (Å²) in [6.07, 6.45) is 3.02. The van der Waals surface area contributed by atoms with Crippen LogP contribution in [0.4, 0.5) is 5.69 Å². The average molecular weight is 501 g/mol. The van der Waals surface area contributed by atoms with E-state index >= 15 is 0 Å². The van der Waals surface area contributed by atoms with Crippen molar-refractivity contribution in [1.29, 1.82) is 0 Å². The summed E-state index contributed by atoms with van der Waals surface area (Å²) in [7, 11) is 4.13. The third-order valence-corrected chi connectivity index (χ3v) is 4.85. The smallest absolute Gasteiger partial charge is 0.191 e. The van der Waals surface area contributed by atoms with Gasteiger partial charge in [0.25, 0.3) is 0 Å². The van der Waals surface area contributed by atoms with E-state index in [2.05, 4.69) is 76.2 Å². The van der Waals surface area contributed by atoms with Gasteiger partial charge in [0.15, 0.2) is 5.96 Å². The number of thiazole rings is 1. The summed E-state index contributed by atoms with van der Waals surface area (Å²) in [4.78, 5) is 11.3. The highest BCUT2D eigenvalue weighted by atomic mass is 127. The predicted molar refractivity (Wildman–Crippen MR) is 129 cm³/mol. The van der Waals surface area contributed by atoms with Crippen LogP contribution in [-0.4, -0.2) is 44.7 Å². The number of aryl methyl sites for hydroxylation is 2. The number of guanidine groups is 1. The SMILES string of the molecule is CCNC(=NCCCc1ccc(N(C)C)cc1)NCCc1csc(C)n1.I. The molecule has 1 aromatic heterocycles. The number of benzene rings is 1. The minimum absolute atomic E-state index is 0. The third kappa shape index (κ3) is 8.92. The topological polar surface area (TPSA) is 52.6 Å². The Hall–Kier alpha value is -1.35. The Morgan fingerprint density at radius 2 is 1.89 bits per heavy atom. The highest BCUT2D eigenvalue weighted by molar-refractivity contribution is 14.0. The van der Waals surface area contributed by atoms with Gasteiger partial charge in [0, 0.05) is 51.2 Å². The molecular weight excluding hydrogens is 469 g/mol. The molecule has 2 aromatic rings. The van der Waals surface area contributed by atoms with Crippen molar-refractivity contribution in [2.24, 2.45) is 4.99 Å². The lowest BCUT2D eigenvalue weighted by Gasteiger charge is -2.12. The Morgan fingerprint density at radius 3 is 2.48 bits per heavy atom. The normalized spacial score (nSPS) is 11.0. The van der Waals surface area contributed by atoms with E-state index in [1.807, 2.05) is 6.92 Å². The van der Waals surface area contributed by atoms with E-state index < -0.39 is 0 Å². The third-order valence-electron chi connectivity index (χ3n) is 4.03. The molecule has 0 spiro atoms. The van der Waals surface area contributed by atoms with E-state index in [9.17, 15) is 0 Å². The Morgan fingerprint density at radius 1 is 1.15 bits per heavy atom. The fraction of sp³-hybridized carbons (Fsp3) is 0.500. The van der Waals surface area contributed by atoms with Crippen molar-refractivity contribution in [2.75, 3.05) is 38.6 Å². The van der Waals surface area contributed by atoms with E-state index in [4.69, 9.17) is 0 Å². The number of rotatable bonds is 9. The van der Waals surface area contributed by atoms with E-state index in [0.29, 0.717) is 0 Å². The highest BCUT2D eigenvalue weighted by Gasteiger charge is 2.01. The molecule has 0 atom stereocenters. The first-order valence-electron chi connectivity index (χ1n) is 9.28. The molecule has 1 heterocycles. The molecule has 0 bridgehead atoms. The number of aromatic nitrogens is 1. The van der Waals surface area contributed by atoms with E-state index in [0.717, 1.165) is 55.6 Å². The van der Waals surface area contributed by atoms with E-state index in [-0.39, 0.29) is 24.0 Å². The summed E-state index contributed by atoms with van der Waals surface area (Å²) >= 11 is 1.70. The lowest BCUT2D eigenvalue weighted by atomic mass is 10.1. The van der Waals surface area contributed by atoms with Gasteiger partial charge in [-0.05, 0) is 44.4 Å². The van der Waals surface area contributed by atoms with Gasteiger partial charge in [-0.3, -0.25) is 4.99 Å². The van der Waals surface area contributed by atoms with E-state index in [1.54, 1.807) is 11.3 Å². The number of nitrogens with one attached hydrogen (secondary N) is 2. The second-order valence-corrected chi connectivity index (χ2v) is 7.52. The van der Waals surface area contributed by atoms with E-state index in [1.165, 1.54) is 11.3 Å². The number of nitrogens with zero attached hydrogens (tertiary/aromatic N) is 3. The number of hydrogen-bond donors (Lipinski definition) is 2. The number of anilines is 1.